The number of hydrogen-bond acceptors (Lipinski definition) is 5. The number of hydrogen-bond donors (Lipinski definition) is 4. The van der Waals surface area contributed by atoms with Gasteiger partial charge in [-0.2, -0.15) is 0 Å². The molecule has 8 heteroatoms. The number of anilines is 1. The Balaban J connectivity index is 1.97. The summed E-state index contributed by atoms with van der Waals surface area (Å²) in [5.74, 6) is 0.640. The molecule has 0 fully saturated rings. The molecule has 3 amide bonds. The number of amides is 3. The number of urea groups is 1. The molecule has 0 spiro atoms. The smallest absolute Gasteiger partial charge is 0.312 e. The molecule has 0 atom stereocenters. The maximum atomic E-state index is 11.9. The molecule has 0 aliphatic carbocycles. The molecule has 102 valence electrons. The molecule has 0 unspecified atom stereocenters. The largest absolute Gasteiger partial charge is 0.454 e. The maximum absolute atomic E-state index is 11.9. The van der Waals surface area contributed by atoms with Gasteiger partial charge in [0.1, 0.15) is 0 Å². The van der Waals surface area contributed by atoms with Gasteiger partial charge in [0.05, 0.1) is 5.56 Å². The van der Waals surface area contributed by atoms with Crippen molar-refractivity contribution in [3.05, 3.63) is 17.7 Å². The van der Waals surface area contributed by atoms with Crippen LogP contribution in [0.3, 0.4) is 0 Å². The van der Waals surface area contributed by atoms with E-state index < -0.39 is 6.03 Å². The molecule has 1 aliphatic rings. The van der Waals surface area contributed by atoms with E-state index in [0.29, 0.717) is 22.7 Å². The van der Waals surface area contributed by atoms with Crippen LogP contribution in [0.4, 0.5) is 10.5 Å². The van der Waals surface area contributed by atoms with Gasteiger partial charge in [-0.05, 0) is 6.07 Å². The van der Waals surface area contributed by atoms with Gasteiger partial charge in [0.2, 0.25) is 6.79 Å². The lowest BCUT2D eigenvalue weighted by atomic mass is 10.1. The first-order valence-electron chi connectivity index (χ1n) is 5.58. The second-order valence-electron chi connectivity index (χ2n) is 3.84. The highest BCUT2D eigenvalue weighted by Gasteiger charge is 2.19. The number of rotatable bonds is 4. The van der Waals surface area contributed by atoms with Gasteiger partial charge in [0.25, 0.3) is 5.91 Å². The van der Waals surface area contributed by atoms with Crippen LogP contribution in [0.5, 0.6) is 11.5 Å². The van der Waals surface area contributed by atoms with Crippen LogP contribution >= 0.6 is 0 Å². The summed E-state index contributed by atoms with van der Waals surface area (Å²) in [6.45, 7) is 0.601. The second kappa shape index (κ2) is 5.34. The summed E-state index contributed by atoms with van der Waals surface area (Å²) < 4.78 is 10.3. The van der Waals surface area contributed by atoms with Gasteiger partial charge in [-0.25, -0.2) is 4.79 Å². The Morgan fingerprint density at radius 3 is 2.47 bits per heavy atom. The van der Waals surface area contributed by atoms with Crippen LogP contribution in [0, 0.1) is 0 Å². The number of carbonyl (C=O) groups is 2. The molecule has 0 saturated heterocycles. The van der Waals surface area contributed by atoms with E-state index in [0.717, 1.165) is 0 Å². The fourth-order valence-corrected chi connectivity index (χ4v) is 1.61. The van der Waals surface area contributed by atoms with Gasteiger partial charge in [-0.15, -0.1) is 0 Å². The van der Waals surface area contributed by atoms with Crippen molar-refractivity contribution in [2.45, 2.75) is 0 Å². The monoisotopic (exact) mass is 266 g/mol. The van der Waals surface area contributed by atoms with E-state index >= 15 is 0 Å². The van der Waals surface area contributed by atoms with Crippen molar-refractivity contribution in [2.75, 3.05) is 25.6 Å². The lowest BCUT2D eigenvalue weighted by molar-refractivity contribution is 0.0954. The van der Waals surface area contributed by atoms with Crippen molar-refractivity contribution in [1.82, 2.24) is 10.6 Å². The normalized spacial score (nSPS) is 12.0. The molecular formula is C11H14N4O4. The second-order valence-corrected chi connectivity index (χ2v) is 3.84. The fourth-order valence-electron chi connectivity index (χ4n) is 1.61. The van der Waals surface area contributed by atoms with E-state index in [1.165, 1.54) is 6.07 Å². The molecule has 19 heavy (non-hydrogen) atoms. The third-order valence-corrected chi connectivity index (χ3v) is 2.50. The number of nitrogen functional groups attached to an aromatic ring is 1. The predicted octanol–water partition coefficient (Wildman–Crippen LogP) is -0.604. The van der Waals surface area contributed by atoms with Crippen molar-refractivity contribution in [1.29, 1.82) is 0 Å². The van der Waals surface area contributed by atoms with E-state index in [1.807, 2.05) is 0 Å². The zero-order valence-electron chi connectivity index (χ0n) is 10.1. The Bertz CT molecular complexity index is 518. The minimum Gasteiger partial charge on any atom is -0.454 e. The van der Waals surface area contributed by atoms with Crippen LogP contribution in [0.25, 0.3) is 0 Å². The standard InChI is InChI=1S/C11H14N4O4/c12-7-4-9-8(18-5-19-9)3-6(7)10(16)14-1-2-15-11(13)17/h3-4H,1-2,5,12H2,(H,14,16)(H3,13,15,17). The highest BCUT2D eigenvalue weighted by Crippen LogP contribution is 2.35. The molecule has 1 aromatic rings. The van der Waals surface area contributed by atoms with Gasteiger partial charge in [-0.3, -0.25) is 4.79 Å². The fraction of sp³-hybridized carbons (Fsp3) is 0.273. The van der Waals surface area contributed by atoms with Crippen molar-refractivity contribution < 1.29 is 19.1 Å². The number of ether oxygens (including phenoxy) is 2. The average Bonchev–Trinajstić information content (AvgIpc) is 2.80. The van der Waals surface area contributed by atoms with Crippen LogP contribution < -0.4 is 31.6 Å². The molecule has 1 aliphatic heterocycles. The predicted molar refractivity (Wildman–Crippen MR) is 66.9 cm³/mol. The van der Waals surface area contributed by atoms with E-state index in [1.54, 1.807) is 6.07 Å². The van der Waals surface area contributed by atoms with Crippen LogP contribution in [-0.2, 0) is 0 Å². The zero-order valence-corrected chi connectivity index (χ0v) is 10.1. The Kier molecular flexibility index (Phi) is 3.60. The van der Waals surface area contributed by atoms with Crippen LogP contribution in [-0.4, -0.2) is 31.8 Å². The summed E-state index contributed by atoms with van der Waals surface area (Å²) >= 11 is 0. The highest BCUT2D eigenvalue weighted by molar-refractivity contribution is 6.00. The molecule has 0 aromatic heterocycles. The van der Waals surface area contributed by atoms with Crippen molar-refractivity contribution in [3.8, 4) is 11.5 Å². The van der Waals surface area contributed by atoms with E-state index in [-0.39, 0.29) is 25.8 Å². The number of nitrogens with two attached hydrogens (primary N) is 2. The number of carbonyl (C=O) groups excluding carboxylic acids is 2. The molecule has 2 rings (SSSR count). The first-order chi connectivity index (χ1) is 9.08. The summed E-state index contributed by atoms with van der Waals surface area (Å²) in [6.07, 6.45) is 0. The average molecular weight is 266 g/mol. The Morgan fingerprint density at radius 2 is 1.79 bits per heavy atom. The number of benzene rings is 1. The summed E-state index contributed by atoms with van der Waals surface area (Å²) in [5.41, 5.74) is 11.2. The van der Waals surface area contributed by atoms with Gasteiger partial charge in [0.15, 0.2) is 11.5 Å². The molecule has 0 radical (unpaired) electrons. The van der Waals surface area contributed by atoms with Gasteiger partial charge >= 0.3 is 6.03 Å². The first-order valence-corrected chi connectivity index (χ1v) is 5.58. The van der Waals surface area contributed by atoms with Crippen molar-refractivity contribution >= 4 is 17.6 Å². The van der Waals surface area contributed by atoms with E-state index in [2.05, 4.69) is 10.6 Å². The minimum absolute atomic E-state index is 0.113. The molecule has 6 N–H and O–H groups in total. The van der Waals surface area contributed by atoms with E-state index in [4.69, 9.17) is 20.9 Å². The Morgan fingerprint density at radius 1 is 1.16 bits per heavy atom. The molecule has 0 bridgehead atoms. The highest BCUT2D eigenvalue weighted by atomic mass is 16.7. The Labute approximate surface area is 109 Å². The van der Waals surface area contributed by atoms with E-state index in [9.17, 15) is 9.59 Å². The summed E-state index contributed by atoms with van der Waals surface area (Å²) in [5, 5.41) is 4.96. The molecule has 1 heterocycles. The Hall–Kier alpha value is -2.64. The van der Waals surface area contributed by atoms with Gasteiger partial charge in [0, 0.05) is 24.8 Å². The van der Waals surface area contributed by atoms with Crippen molar-refractivity contribution in [3.63, 3.8) is 0 Å². The minimum atomic E-state index is -0.642. The third-order valence-electron chi connectivity index (χ3n) is 2.50. The lowest BCUT2D eigenvalue weighted by Gasteiger charge is -2.08. The first kappa shape index (κ1) is 12.8. The summed E-state index contributed by atoms with van der Waals surface area (Å²) in [4.78, 5) is 22.3. The molecule has 1 aromatic carbocycles. The molecule has 0 saturated carbocycles. The lowest BCUT2D eigenvalue weighted by Crippen LogP contribution is -2.37. The topological polar surface area (TPSA) is 129 Å². The van der Waals surface area contributed by atoms with Crippen LogP contribution in [0.15, 0.2) is 12.1 Å². The number of fused-ring (bicyclic) bond motifs is 1. The van der Waals surface area contributed by atoms with Crippen LogP contribution in [0.2, 0.25) is 0 Å². The molecule has 8 nitrogen and oxygen atoms in total. The van der Waals surface area contributed by atoms with Gasteiger partial charge < -0.3 is 31.6 Å². The zero-order chi connectivity index (χ0) is 13.8. The quantitative estimate of drug-likeness (QED) is 0.427. The van der Waals surface area contributed by atoms with Crippen molar-refractivity contribution in [2.24, 2.45) is 5.73 Å². The summed E-state index contributed by atoms with van der Waals surface area (Å²) in [7, 11) is 0. The number of nitrogens with one attached hydrogen (secondary N) is 2. The summed E-state index contributed by atoms with van der Waals surface area (Å²) in [6, 6.07) is 2.42. The molecular weight excluding hydrogens is 252 g/mol. The van der Waals surface area contributed by atoms with Gasteiger partial charge in [-0.1, -0.05) is 0 Å². The van der Waals surface area contributed by atoms with Crippen LogP contribution in [0.1, 0.15) is 10.4 Å². The SMILES string of the molecule is NC(=O)NCCNC(=O)c1cc2c(cc1N)OCO2. The number of primary amides is 1. The third kappa shape index (κ3) is 2.97. The maximum Gasteiger partial charge on any atom is 0.312 e.